The zero-order valence-corrected chi connectivity index (χ0v) is 16.2. The number of carbonyl (C=O) groups is 1. The number of methoxy groups -OCH3 is 1. The molecule has 25 heavy (non-hydrogen) atoms. The number of carbonyl (C=O) groups excluding carboxylic acids is 1. The van der Waals surface area contributed by atoms with Crippen molar-refractivity contribution in [1.82, 2.24) is 4.98 Å². The summed E-state index contributed by atoms with van der Waals surface area (Å²) in [6.45, 7) is 9.19. The first-order valence-corrected chi connectivity index (χ1v) is 9.01. The molecule has 0 spiro atoms. The largest absolute Gasteiger partial charge is 0.475 e. The third kappa shape index (κ3) is 7.00. The summed E-state index contributed by atoms with van der Waals surface area (Å²) >= 11 is 0. The molecule has 0 aliphatic carbocycles. The molecule has 0 aliphatic rings. The van der Waals surface area contributed by atoms with Gasteiger partial charge in [-0.3, -0.25) is 4.79 Å². The maximum atomic E-state index is 12.8. The Morgan fingerprint density at radius 1 is 1.24 bits per heavy atom. The number of rotatable bonds is 12. The van der Waals surface area contributed by atoms with Crippen molar-refractivity contribution in [2.24, 2.45) is 0 Å². The number of hydrogen-bond acceptors (Lipinski definition) is 5. The molecule has 0 saturated carbocycles. The van der Waals surface area contributed by atoms with Crippen LogP contribution >= 0.6 is 0 Å². The number of ether oxygens (including phenoxy) is 3. The summed E-state index contributed by atoms with van der Waals surface area (Å²) in [4.78, 5) is 17.1. The first-order valence-electron chi connectivity index (χ1n) is 9.01. The molecule has 0 bridgehead atoms. The summed E-state index contributed by atoms with van der Waals surface area (Å²) in [5.74, 6) is 0.381. The van der Waals surface area contributed by atoms with Crippen LogP contribution < -0.4 is 10.1 Å². The monoisotopic (exact) mass is 352 g/mol. The highest BCUT2D eigenvalue weighted by Gasteiger charge is 2.33. The molecule has 1 rings (SSSR count). The Morgan fingerprint density at radius 3 is 2.60 bits per heavy atom. The standard InChI is InChI=1S/C19H32N2O4/c1-6-8-9-12-19(4,25-7-2)18(22)21-16-10-11-17(20-15(16)3)24-14-13-23-5/h10-11H,6-9,12-14H2,1-5H3,(H,21,22)/t19-/m0/s1. The Labute approximate surface area is 151 Å². The van der Waals surface area contributed by atoms with E-state index >= 15 is 0 Å². The van der Waals surface area contributed by atoms with Crippen LogP contribution in [-0.2, 0) is 14.3 Å². The zero-order chi connectivity index (χ0) is 18.7. The van der Waals surface area contributed by atoms with Crippen LogP contribution in [0, 0.1) is 6.92 Å². The van der Waals surface area contributed by atoms with Crippen LogP contribution in [0.3, 0.4) is 0 Å². The highest BCUT2D eigenvalue weighted by Crippen LogP contribution is 2.24. The molecule has 0 radical (unpaired) electrons. The number of hydrogen-bond donors (Lipinski definition) is 1. The van der Waals surface area contributed by atoms with Gasteiger partial charge in [-0.2, -0.15) is 0 Å². The van der Waals surface area contributed by atoms with Crippen molar-refractivity contribution < 1.29 is 19.0 Å². The van der Waals surface area contributed by atoms with E-state index in [0.717, 1.165) is 19.3 Å². The van der Waals surface area contributed by atoms with Gasteiger partial charge in [0.25, 0.3) is 5.91 Å². The molecule has 1 atom stereocenters. The smallest absolute Gasteiger partial charge is 0.256 e. The van der Waals surface area contributed by atoms with E-state index < -0.39 is 5.60 Å². The first kappa shape index (κ1) is 21.4. The Kier molecular flexibility index (Phi) is 9.45. The van der Waals surface area contributed by atoms with Gasteiger partial charge in [-0.05, 0) is 33.3 Å². The highest BCUT2D eigenvalue weighted by atomic mass is 16.5. The van der Waals surface area contributed by atoms with Crippen LogP contribution in [0.15, 0.2) is 12.1 Å². The molecule has 0 saturated heterocycles. The SMILES string of the molecule is CCCCC[C@](C)(OCC)C(=O)Nc1ccc(OCCOC)nc1C. The summed E-state index contributed by atoms with van der Waals surface area (Å²) in [6, 6.07) is 3.55. The maximum absolute atomic E-state index is 12.8. The van der Waals surface area contributed by atoms with E-state index in [-0.39, 0.29) is 5.91 Å². The second kappa shape index (κ2) is 11.1. The van der Waals surface area contributed by atoms with E-state index in [9.17, 15) is 4.79 Å². The molecular formula is C19H32N2O4. The van der Waals surface area contributed by atoms with Crippen molar-refractivity contribution in [2.45, 2.75) is 59.0 Å². The van der Waals surface area contributed by atoms with Crippen molar-refractivity contribution in [2.75, 3.05) is 32.2 Å². The van der Waals surface area contributed by atoms with Gasteiger partial charge in [0.1, 0.15) is 12.2 Å². The van der Waals surface area contributed by atoms with Gasteiger partial charge >= 0.3 is 0 Å². The van der Waals surface area contributed by atoms with Crippen molar-refractivity contribution in [3.05, 3.63) is 17.8 Å². The van der Waals surface area contributed by atoms with Crippen LogP contribution in [-0.4, -0.2) is 43.4 Å². The van der Waals surface area contributed by atoms with Gasteiger partial charge in [0, 0.05) is 19.8 Å². The van der Waals surface area contributed by atoms with Crippen molar-refractivity contribution in [3.63, 3.8) is 0 Å². The molecule has 6 heteroatoms. The number of pyridine rings is 1. The summed E-state index contributed by atoms with van der Waals surface area (Å²) in [5.41, 5.74) is 0.547. The second-order valence-electron chi connectivity index (χ2n) is 6.20. The van der Waals surface area contributed by atoms with E-state index in [1.165, 1.54) is 0 Å². The third-order valence-corrected chi connectivity index (χ3v) is 4.05. The number of nitrogens with one attached hydrogen (secondary N) is 1. The summed E-state index contributed by atoms with van der Waals surface area (Å²) in [7, 11) is 1.62. The minimum atomic E-state index is -0.829. The van der Waals surface area contributed by atoms with E-state index in [1.54, 1.807) is 19.2 Å². The fraction of sp³-hybridized carbons (Fsp3) is 0.684. The average Bonchev–Trinajstić information content (AvgIpc) is 2.58. The summed E-state index contributed by atoms with van der Waals surface area (Å²) < 4.78 is 16.2. The fourth-order valence-electron chi connectivity index (χ4n) is 2.52. The Bertz CT molecular complexity index is 536. The van der Waals surface area contributed by atoms with Crippen molar-refractivity contribution in [1.29, 1.82) is 0 Å². The zero-order valence-electron chi connectivity index (χ0n) is 16.2. The van der Waals surface area contributed by atoms with E-state index in [0.29, 0.717) is 43.5 Å². The van der Waals surface area contributed by atoms with E-state index in [4.69, 9.17) is 14.2 Å². The molecule has 0 aliphatic heterocycles. The van der Waals surface area contributed by atoms with Gasteiger partial charge in [-0.25, -0.2) is 4.98 Å². The molecule has 1 aromatic heterocycles. The number of aromatic nitrogens is 1. The van der Waals surface area contributed by atoms with E-state index in [2.05, 4.69) is 17.2 Å². The summed E-state index contributed by atoms with van der Waals surface area (Å²) in [6.07, 6.45) is 3.86. The third-order valence-electron chi connectivity index (χ3n) is 4.05. The predicted molar refractivity (Wildman–Crippen MR) is 99.1 cm³/mol. The number of anilines is 1. The highest BCUT2D eigenvalue weighted by molar-refractivity contribution is 5.97. The normalized spacial score (nSPS) is 13.3. The van der Waals surface area contributed by atoms with Crippen molar-refractivity contribution in [3.8, 4) is 5.88 Å². The quantitative estimate of drug-likeness (QED) is 0.581. The van der Waals surface area contributed by atoms with Gasteiger partial charge in [-0.1, -0.05) is 26.2 Å². The molecule has 1 N–H and O–H groups in total. The average molecular weight is 352 g/mol. The lowest BCUT2D eigenvalue weighted by Crippen LogP contribution is -2.43. The van der Waals surface area contributed by atoms with Crippen molar-refractivity contribution >= 4 is 11.6 Å². The lowest BCUT2D eigenvalue weighted by Gasteiger charge is -2.28. The summed E-state index contributed by atoms with van der Waals surface area (Å²) in [5, 5.41) is 2.95. The minimum absolute atomic E-state index is 0.136. The van der Waals surface area contributed by atoms with Crippen LogP contribution in [0.2, 0.25) is 0 Å². The molecule has 0 unspecified atom stereocenters. The van der Waals surface area contributed by atoms with Gasteiger partial charge in [0.05, 0.1) is 18.0 Å². The van der Waals surface area contributed by atoms with Gasteiger partial charge < -0.3 is 19.5 Å². The molecule has 6 nitrogen and oxygen atoms in total. The number of unbranched alkanes of at least 4 members (excludes halogenated alkanes) is 2. The predicted octanol–water partition coefficient (Wildman–Crippen LogP) is 3.73. The number of nitrogens with zero attached hydrogens (tertiary/aromatic N) is 1. The molecule has 0 aromatic carbocycles. The van der Waals surface area contributed by atoms with Gasteiger partial charge in [0.15, 0.2) is 0 Å². The van der Waals surface area contributed by atoms with Gasteiger partial charge in [0.2, 0.25) is 5.88 Å². The topological polar surface area (TPSA) is 69.7 Å². The lowest BCUT2D eigenvalue weighted by molar-refractivity contribution is -0.139. The lowest BCUT2D eigenvalue weighted by atomic mass is 9.96. The number of amides is 1. The second-order valence-corrected chi connectivity index (χ2v) is 6.20. The maximum Gasteiger partial charge on any atom is 0.256 e. The molecule has 1 heterocycles. The molecule has 1 aromatic rings. The van der Waals surface area contributed by atoms with E-state index in [1.807, 2.05) is 20.8 Å². The molecule has 142 valence electrons. The van der Waals surface area contributed by atoms with Crippen LogP contribution in [0.4, 0.5) is 5.69 Å². The Balaban J connectivity index is 2.75. The minimum Gasteiger partial charge on any atom is -0.475 e. The Morgan fingerprint density at radius 2 is 2.00 bits per heavy atom. The molecule has 0 fully saturated rings. The Hall–Kier alpha value is -1.66. The van der Waals surface area contributed by atoms with Gasteiger partial charge in [-0.15, -0.1) is 0 Å². The molecular weight excluding hydrogens is 320 g/mol. The van der Waals surface area contributed by atoms with Crippen LogP contribution in [0.25, 0.3) is 0 Å². The van der Waals surface area contributed by atoms with Crippen LogP contribution in [0.5, 0.6) is 5.88 Å². The fourth-order valence-corrected chi connectivity index (χ4v) is 2.52. The number of aryl methyl sites for hydroxylation is 1. The van der Waals surface area contributed by atoms with Crippen LogP contribution in [0.1, 0.15) is 52.1 Å². The molecule has 1 amide bonds. The first-order chi connectivity index (χ1) is 12.0.